The van der Waals surface area contributed by atoms with E-state index in [1.54, 1.807) is 0 Å². The fourth-order valence-electron chi connectivity index (χ4n) is 3.51. The summed E-state index contributed by atoms with van der Waals surface area (Å²) in [5.41, 5.74) is 1.60. The molecule has 2 heterocycles. The Bertz CT molecular complexity index is 396. The molecule has 0 radical (unpaired) electrons. The van der Waals surface area contributed by atoms with Gasteiger partial charge in [-0.15, -0.1) is 0 Å². The van der Waals surface area contributed by atoms with E-state index in [9.17, 15) is 0 Å². The fourth-order valence-corrected chi connectivity index (χ4v) is 3.51. The molecule has 3 heteroatoms. The first kappa shape index (κ1) is 12.9. The molecule has 0 amide bonds. The summed E-state index contributed by atoms with van der Waals surface area (Å²) in [5, 5.41) is 3.34. The van der Waals surface area contributed by atoms with E-state index >= 15 is 0 Å². The Morgan fingerprint density at radius 1 is 1.37 bits per heavy atom. The van der Waals surface area contributed by atoms with Crippen molar-refractivity contribution in [1.29, 1.82) is 0 Å². The van der Waals surface area contributed by atoms with E-state index in [-0.39, 0.29) is 5.41 Å². The molecule has 3 rings (SSSR count). The van der Waals surface area contributed by atoms with Gasteiger partial charge in [0, 0.05) is 25.0 Å². The minimum Gasteiger partial charge on any atom is -0.490 e. The van der Waals surface area contributed by atoms with Gasteiger partial charge in [0.1, 0.15) is 11.9 Å². The van der Waals surface area contributed by atoms with E-state index in [0.717, 1.165) is 38.3 Å². The van der Waals surface area contributed by atoms with Crippen LogP contribution in [0.5, 0.6) is 5.75 Å². The summed E-state index contributed by atoms with van der Waals surface area (Å²) >= 11 is 0. The lowest BCUT2D eigenvalue weighted by atomic mass is 9.77. The van der Waals surface area contributed by atoms with Crippen molar-refractivity contribution in [1.82, 2.24) is 5.32 Å². The number of hydrogen-bond donors (Lipinski definition) is 1. The standard InChI is InChI=1S/C16H23NO2/c1-17-11-16(7-4-8-18-12-16)10-14-9-13-5-2-3-6-15(13)19-14/h2-3,5-6,14,17H,4,7-12H2,1H3. The van der Waals surface area contributed by atoms with Crippen molar-refractivity contribution in [3.05, 3.63) is 29.8 Å². The highest BCUT2D eigenvalue weighted by atomic mass is 16.5. The maximum absolute atomic E-state index is 6.10. The average Bonchev–Trinajstić information content (AvgIpc) is 2.81. The van der Waals surface area contributed by atoms with Gasteiger partial charge in [-0.2, -0.15) is 0 Å². The summed E-state index contributed by atoms with van der Waals surface area (Å²) in [4.78, 5) is 0. The molecule has 1 aromatic carbocycles. The smallest absolute Gasteiger partial charge is 0.123 e. The molecule has 1 aromatic rings. The van der Waals surface area contributed by atoms with Crippen LogP contribution in [0.4, 0.5) is 0 Å². The molecule has 2 aliphatic rings. The topological polar surface area (TPSA) is 30.5 Å². The average molecular weight is 261 g/mol. The highest BCUT2D eigenvalue weighted by Crippen LogP contribution is 2.38. The molecule has 0 aromatic heterocycles. The van der Waals surface area contributed by atoms with Crippen LogP contribution in [-0.4, -0.2) is 32.9 Å². The fraction of sp³-hybridized carbons (Fsp3) is 0.625. The van der Waals surface area contributed by atoms with Crippen LogP contribution in [0.2, 0.25) is 0 Å². The van der Waals surface area contributed by atoms with E-state index in [1.165, 1.54) is 18.4 Å². The van der Waals surface area contributed by atoms with Crippen molar-refractivity contribution in [3.8, 4) is 5.75 Å². The molecule has 0 aliphatic carbocycles. The van der Waals surface area contributed by atoms with E-state index in [2.05, 4.69) is 23.5 Å². The van der Waals surface area contributed by atoms with Gasteiger partial charge in [0.05, 0.1) is 6.61 Å². The van der Waals surface area contributed by atoms with Crippen LogP contribution >= 0.6 is 0 Å². The van der Waals surface area contributed by atoms with Crippen LogP contribution in [0.25, 0.3) is 0 Å². The van der Waals surface area contributed by atoms with Crippen molar-refractivity contribution >= 4 is 0 Å². The van der Waals surface area contributed by atoms with Crippen molar-refractivity contribution < 1.29 is 9.47 Å². The van der Waals surface area contributed by atoms with E-state index < -0.39 is 0 Å². The van der Waals surface area contributed by atoms with Gasteiger partial charge in [-0.3, -0.25) is 0 Å². The molecule has 2 aliphatic heterocycles. The van der Waals surface area contributed by atoms with Gasteiger partial charge < -0.3 is 14.8 Å². The van der Waals surface area contributed by atoms with Crippen LogP contribution in [0.1, 0.15) is 24.8 Å². The van der Waals surface area contributed by atoms with Crippen LogP contribution in [-0.2, 0) is 11.2 Å². The van der Waals surface area contributed by atoms with Crippen molar-refractivity contribution in [3.63, 3.8) is 0 Å². The van der Waals surface area contributed by atoms with Gasteiger partial charge in [-0.25, -0.2) is 0 Å². The maximum atomic E-state index is 6.10. The molecule has 1 saturated heterocycles. The Morgan fingerprint density at radius 2 is 2.26 bits per heavy atom. The number of ether oxygens (including phenoxy) is 2. The highest BCUT2D eigenvalue weighted by molar-refractivity contribution is 5.37. The van der Waals surface area contributed by atoms with E-state index in [1.807, 2.05) is 13.1 Å². The van der Waals surface area contributed by atoms with Crippen LogP contribution < -0.4 is 10.1 Å². The third-order valence-electron chi connectivity index (χ3n) is 4.33. The summed E-state index contributed by atoms with van der Waals surface area (Å²) in [7, 11) is 2.03. The first-order valence-electron chi connectivity index (χ1n) is 7.28. The molecule has 0 bridgehead atoms. The van der Waals surface area contributed by atoms with Gasteiger partial charge in [-0.05, 0) is 37.9 Å². The zero-order valence-corrected chi connectivity index (χ0v) is 11.7. The van der Waals surface area contributed by atoms with Crippen molar-refractivity contribution in [2.45, 2.75) is 31.8 Å². The number of benzene rings is 1. The summed E-state index contributed by atoms with van der Waals surface area (Å²) in [6.45, 7) is 2.80. The monoisotopic (exact) mass is 261 g/mol. The predicted octanol–water partition coefficient (Wildman–Crippen LogP) is 2.40. The molecule has 2 atom stereocenters. The van der Waals surface area contributed by atoms with Gasteiger partial charge >= 0.3 is 0 Å². The summed E-state index contributed by atoms with van der Waals surface area (Å²) < 4.78 is 11.8. The van der Waals surface area contributed by atoms with Crippen molar-refractivity contribution in [2.75, 3.05) is 26.8 Å². The zero-order valence-electron chi connectivity index (χ0n) is 11.7. The van der Waals surface area contributed by atoms with Gasteiger partial charge in [0.2, 0.25) is 0 Å². The number of fused-ring (bicyclic) bond motifs is 1. The second-order valence-corrected chi connectivity index (χ2v) is 5.94. The Labute approximate surface area is 115 Å². The lowest BCUT2D eigenvalue weighted by Crippen LogP contribution is -2.43. The minimum absolute atomic E-state index is 0.250. The predicted molar refractivity (Wildman–Crippen MR) is 75.6 cm³/mol. The van der Waals surface area contributed by atoms with E-state index in [0.29, 0.717) is 6.10 Å². The molecular formula is C16H23NO2. The van der Waals surface area contributed by atoms with Gasteiger partial charge in [0.25, 0.3) is 0 Å². The molecule has 19 heavy (non-hydrogen) atoms. The number of rotatable bonds is 4. The Balaban J connectivity index is 1.67. The zero-order chi connectivity index (χ0) is 13.1. The molecule has 1 N–H and O–H groups in total. The Hall–Kier alpha value is -1.06. The van der Waals surface area contributed by atoms with Crippen LogP contribution in [0.15, 0.2) is 24.3 Å². The first-order valence-corrected chi connectivity index (χ1v) is 7.28. The third-order valence-corrected chi connectivity index (χ3v) is 4.33. The second kappa shape index (κ2) is 5.51. The Kier molecular flexibility index (Phi) is 3.76. The first-order chi connectivity index (χ1) is 9.31. The van der Waals surface area contributed by atoms with E-state index in [4.69, 9.17) is 9.47 Å². The molecule has 0 spiro atoms. The van der Waals surface area contributed by atoms with Gasteiger partial charge in [-0.1, -0.05) is 18.2 Å². The summed E-state index contributed by atoms with van der Waals surface area (Å²) in [6, 6.07) is 8.40. The quantitative estimate of drug-likeness (QED) is 0.903. The second-order valence-electron chi connectivity index (χ2n) is 5.94. The van der Waals surface area contributed by atoms with Crippen molar-refractivity contribution in [2.24, 2.45) is 5.41 Å². The van der Waals surface area contributed by atoms with Crippen LogP contribution in [0.3, 0.4) is 0 Å². The highest BCUT2D eigenvalue weighted by Gasteiger charge is 2.37. The van der Waals surface area contributed by atoms with Gasteiger partial charge in [0.15, 0.2) is 0 Å². The SMILES string of the molecule is CNCC1(CC2Cc3ccccc3O2)CCCOC1. The summed E-state index contributed by atoms with van der Waals surface area (Å²) in [5.74, 6) is 1.07. The van der Waals surface area contributed by atoms with Crippen LogP contribution in [0, 0.1) is 5.41 Å². The lowest BCUT2D eigenvalue weighted by molar-refractivity contribution is -0.0270. The largest absolute Gasteiger partial charge is 0.490 e. The minimum atomic E-state index is 0.250. The molecule has 2 unspecified atom stereocenters. The lowest BCUT2D eigenvalue weighted by Gasteiger charge is -2.38. The number of hydrogen-bond acceptors (Lipinski definition) is 3. The normalized spacial score (nSPS) is 29.8. The molecule has 0 saturated carbocycles. The maximum Gasteiger partial charge on any atom is 0.123 e. The molecular weight excluding hydrogens is 238 g/mol. The number of nitrogens with one attached hydrogen (secondary N) is 1. The number of para-hydroxylation sites is 1. The molecule has 104 valence electrons. The third kappa shape index (κ3) is 2.77. The summed E-state index contributed by atoms with van der Waals surface area (Å²) in [6.07, 6.45) is 4.85. The molecule has 3 nitrogen and oxygen atoms in total. The Morgan fingerprint density at radius 3 is 3.00 bits per heavy atom. The molecule has 1 fully saturated rings.